The Morgan fingerprint density at radius 3 is 1.47 bits per heavy atom. The fourth-order valence-electron chi connectivity index (χ4n) is 2.41. The smallest absolute Gasteiger partial charge is 0.306 e. The molecule has 162 valence electrons. The van der Waals surface area contributed by atoms with Crippen LogP contribution in [-0.2, 0) is 19.1 Å². The molecule has 0 unspecified atom stereocenters. The zero-order valence-electron chi connectivity index (χ0n) is 16.9. The van der Waals surface area contributed by atoms with Crippen LogP contribution in [0.3, 0.4) is 0 Å². The van der Waals surface area contributed by atoms with Gasteiger partial charge in [-0.25, -0.2) is 0 Å². The van der Waals surface area contributed by atoms with Gasteiger partial charge in [-0.2, -0.15) is 0 Å². The molecule has 0 saturated carbocycles. The van der Waals surface area contributed by atoms with Crippen molar-refractivity contribution >= 4 is 35.1 Å². The third-order valence-corrected chi connectivity index (χ3v) is 4.51. The number of hydrogen-bond donors (Lipinski definition) is 0. The van der Waals surface area contributed by atoms with Crippen LogP contribution in [0.25, 0.3) is 0 Å². The van der Waals surface area contributed by atoms with E-state index in [1.807, 2.05) is 26.0 Å². The second kappa shape index (κ2) is 12.3. The van der Waals surface area contributed by atoms with Gasteiger partial charge in [0.1, 0.15) is 37.9 Å². The molecule has 0 spiro atoms. The van der Waals surface area contributed by atoms with Crippen molar-refractivity contribution in [3.8, 4) is 11.5 Å². The summed E-state index contributed by atoms with van der Waals surface area (Å²) in [6, 6.07) is 10.8. The molecule has 0 amide bonds. The molecule has 6 nitrogen and oxygen atoms in total. The minimum absolute atomic E-state index is 0.0588. The zero-order chi connectivity index (χ0) is 21.9. The van der Waals surface area contributed by atoms with Gasteiger partial charge in [-0.3, -0.25) is 9.59 Å². The molecule has 0 bridgehead atoms. The number of rotatable bonds is 11. The monoisotopic (exact) mass is 454 g/mol. The average Bonchev–Trinajstić information content (AvgIpc) is 2.69. The van der Waals surface area contributed by atoms with E-state index in [2.05, 4.69) is 0 Å². The maximum Gasteiger partial charge on any atom is 0.306 e. The van der Waals surface area contributed by atoms with Crippen LogP contribution in [0, 0.1) is 13.8 Å². The Balaban J connectivity index is 1.54. The number of carbonyl (C=O) groups excluding carboxylic acids is 2. The van der Waals surface area contributed by atoms with E-state index in [0.717, 1.165) is 11.1 Å². The fourth-order valence-corrected chi connectivity index (χ4v) is 2.99. The molecular weight excluding hydrogens is 431 g/mol. The summed E-state index contributed by atoms with van der Waals surface area (Å²) < 4.78 is 21.0. The van der Waals surface area contributed by atoms with Crippen molar-refractivity contribution in [2.45, 2.75) is 26.7 Å². The summed E-state index contributed by atoms with van der Waals surface area (Å²) in [5.41, 5.74) is 2.05. The van der Waals surface area contributed by atoms with Gasteiger partial charge in [0.2, 0.25) is 0 Å². The first-order chi connectivity index (χ1) is 14.3. The lowest BCUT2D eigenvalue weighted by molar-refractivity contribution is -0.151. The highest BCUT2D eigenvalue weighted by Crippen LogP contribution is 2.25. The van der Waals surface area contributed by atoms with E-state index in [-0.39, 0.29) is 39.3 Å². The molecule has 0 saturated heterocycles. The first kappa shape index (κ1) is 23.8. The van der Waals surface area contributed by atoms with Crippen LogP contribution in [-0.4, -0.2) is 38.4 Å². The first-order valence-electron chi connectivity index (χ1n) is 9.44. The van der Waals surface area contributed by atoms with Crippen molar-refractivity contribution in [2.75, 3.05) is 26.4 Å². The van der Waals surface area contributed by atoms with E-state index in [1.54, 1.807) is 24.3 Å². The van der Waals surface area contributed by atoms with Crippen LogP contribution in [0.5, 0.6) is 11.5 Å². The maximum atomic E-state index is 11.7. The van der Waals surface area contributed by atoms with Crippen molar-refractivity contribution in [3.05, 3.63) is 57.6 Å². The molecule has 8 heteroatoms. The summed E-state index contributed by atoms with van der Waals surface area (Å²) >= 11 is 12.1. The summed E-state index contributed by atoms with van der Waals surface area (Å²) in [5, 5.41) is 0.996. The van der Waals surface area contributed by atoms with Gasteiger partial charge in [0, 0.05) is 0 Å². The number of ether oxygens (including phenoxy) is 4. The number of hydrogen-bond acceptors (Lipinski definition) is 6. The van der Waals surface area contributed by atoms with Crippen molar-refractivity contribution in [1.29, 1.82) is 0 Å². The summed E-state index contributed by atoms with van der Waals surface area (Å²) in [6.45, 7) is 4.30. The lowest BCUT2D eigenvalue weighted by Gasteiger charge is -2.10. The van der Waals surface area contributed by atoms with Gasteiger partial charge in [0.05, 0.1) is 22.9 Å². The molecule has 0 aliphatic rings. The molecule has 0 N–H and O–H groups in total. The Bertz CT molecular complexity index is 797. The predicted molar refractivity (Wildman–Crippen MR) is 115 cm³/mol. The second-order valence-electron chi connectivity index (χ2n) is 6.51. The van der Waals surface area contributed by atoms with Gasteiger partial charge in [-0.1, -0.05) is 35.3 Å². The molecule has 0 atom stereocenters. The summed E-state index contributed by atoms with van der Waals surface area (Å²) in [5.74, 6) is 0.0357. The molecule has 0 aliphatic carbocycles. The largest absolute Gasteiger partial charge is 0.488 e. The van der Waals surface area contributed by atoms with Crippen molar-refractivity contribution in [2.24, 2.45) is 0 Å². The normalized spacial score (nSPS) is 10.4. The Morgan fingerprint density at radius 2 is 1.10 bits per heavy atom. The van der Waals surface area contributed by atoms with Gasteiger partial charge in [0.15, 0.2) is 0 Å². The molecule has 0 heterocycles. The van der Waals surface area contributed by atoms with Crippen LogP contribution >= 0.6 is 23.2 Å². The molecule has 0 radical (unpaired) electrons. The molecule has 2 aromatic carbocycles. The molecular formula is C22H24Cl2O6. The zero-order valence-corrected chi connectivity index (χ0v) is 18.4. The van der Waals surface area contributed by atoms with Gasteiger partial charge >= 0.3 is 11.9 Å². The number of aryl methyl sites for hydroxylation is 2. The van der Waals surface area contributed by atoms with Gasteiger partial charge in [-0.05, 0) is 49.2 Å². The molecule has 30 heavy (non-hydrogen) atoms. The van der Waals surface area contributed by atoms with Crippen molar-refractivity contribution in [3.63, 3.8) is 0 Å². The van der Waals surface area contributed by atoms with E-state index in [0.29, 0.717) is 21.5 Å². The van der Waals surface area contributed by atoms with Crippen LogP contribution in [0.2, 0.25) is 10.0 Å². The third-order valence-electron chi connectivity index (χ3n) is 3.92. The van der Waals surface area contributed by atoms with E-state index in [4.69, 9.17) is 42.1 Å². The molecule has 2 rings (SSSR count). The summed E-state index contributed by atoms with van der Waals surface area (Å²) in [7, 11) is 0. The first-order valence-corrected chi connectivity index (χ1v) is 10.2. The number of benzene rings is 2. The van der Waals surface area contributed by atoms with Gasteiger partial charge in [0.25, 0.3) is 0 Å². The number of esters is 2. The van der Waals surface area contributed by atoms with Crippen LogP contribution in [0.4, 0.5) is 0 Å². The van der Waals surface area contributed by atoms with Gasteiger partial charge in [-0.15, -0.1) is 0 Å². The number of carbonyl (C=O) groups is 2. The topological polar surface area (TPSA) is 71.1 Å². The van der Waals surface area contributed by atoms with E-state index in [9.17, 15) is 9.59 Å². The van der Waals surface area contributed by atoms with E-state index >= 15 is 0 Å². The second-order valence-corrected chi connectivity index (χ2v) is 7.32. The highest BCUT2D eigenvalue weighted by Gasteiger charge is 2.10. The minimum Gasteiger partial charge on any atom is -0.488 e. The Morgan fingerprint density at radius 1 is 0.700 bits per heavy atom. The van der Waals surface area contributed by atoms with E-state index < -0.39 is 11.9 Å². The van der Waals surface area contributed by atoms with Crippen molar-refractivity contribution in [1.82, 2.24) is 0 Å². The molecule has 2 aromatic rings. The SMILES string of the molecule is Cc1ccc(OCCOC(=O)CCC(=O)OCCOc2ccc(C)cc2Cl)c(Cl)c1. The van der Waals surface area contributed by atoms with E-state index in [1.165, 1.54) is 0 Å². The highest BCUT2D eigenvalue weighted by molar-refractivity contribution is 6.32. The van der Waals surface area contributed by atoms with Crippen molar-refractivity contribution < 1.29 is 28.5 Å². The van der Waals surface area contributed by atoms with Crippen LogP contribution in [0.1, 0.15) is 24.0 Å². The predicted octanol–water partition coefficient (Wildman–Crippen LogP) is 4.93. The lowest BCUT2D eigenvalue weighted by atomic mass is 10.2. The third kappa shape index (κ3) is 8.51. The average molecular weight is 455 g/mol. The summed E-state index contributed by atoms with van der Waals surface area (Å²) in [4.78, 5) is 23.4. The van der Waals surface area contributed by atoms with Gasteiger partial charge < -0.3 is 18.9 Å². The maximum absolute atomic E-state index is 11.7. The molecule has 0 aliphatic heterocycles. The fraction of sp³-hybridized carbons (Fsp3) is 0.364. The van der Waals surface area contributed by atoms with Crippen LogP contribution in [0.15, 0.2) is 36.4 Å². The number of halogens is 2. The Hall–Kier alpha value is -2.44. The molecule has 0 aromatic heterocycles. The lowest BCUT2D eigenvalue weighted by Crippen LogP contribution is -2.16. The molecule has 0 fully saturated rings. The quantitative estimate of drug-likeness (QED) is 0.353. The summed E-state index contributed by atoms with van der Waals surface area (Å²) in [6.07, 6.45) is -0.149. The van der Waals surface area contributed by atoms with Crippen LogP contribution < -0.4 is 9.47 Å². The Kier molecular flexibility index (Phi) is 9.77. The minimum atomic E-state index is -0.506. The standard InChI is InChI=1S/C22H24Cl2O6/c1-15-3-5-19(17(23)13-15)27-9-11-29-21(25)7-8-22(26)30-12-10-28-20-6-4-16(2)14-18(20)24/h3-6,13-14H,7-12H2,1-2H3. The highest BCUT2D eigenvalue weighted by atomic mass is 35.5. The Labute approximate surface area is 186 Å².